The number of hydrogen-bond donors (Lipinski definition) is 2. The van der Waals surface area contributed by atoms with Crippen molar-refractivity contribution in [2.24, 2.45) is 11.8 Å². The molecular weight excluding hydrogens is 400 g/mol. The Morgan fingerprint density at radius 1 is 1.10 bits per heavy atom. The van der Waals surface area contributed by atoms with Gasteiger partial charge in [-0.3, -0.25) is 4.79 Å². The van der Waals surface area contributed by atoms with E-state index >= 15 is 0 Å². The Hall–Kier alpha value is -2.77. The van der Waals surface area contributed by atoms with Gasteiger partial charge in [0.05, 0.1) is 11.6 Å². The van der Waals surface area contributed by atoms with Gasteiger partial charge in [-0.1, -0.05) is 49.9 Å². The lowest BCUT2D eigenvalue weighted by Crippen LogP contribution is -2.46. The first-order valence-corrected chi connectivity index (χ1v) is 10.4. The van der Waals surface area contributed by atoms with Gasteiger partial charge < -0.3 is 10.0 Å². The normalized spacial score (nSPS) is 16.1. The second-order valence-electron chi connectivity index (χ2n) is 8.14. The fourth-order valence-corrected chi connectivity index (χ4v) is 3.73. The molecule has 0 spiro atoms. The van der Waals surface area contributed by atoms with Gasteiger partial charge in [0.2, 0.25) is 5.91 Å². The number of nitrogens with zero attached hydrogens (tertiary/aromatic N) is 2. The van der Waals surface area contributed by atoms with Gasteiger partial charge in [-0.15, -0.1) is 0 Å². The van der Waals surface area contributed by atoms with Crippen LogP contribution in [-0.2, 0) is 10.7 Å². The van der Waals surface area contributed by atoms with Gasteiger partial charge in [0.1, 0.15) is 6.10 Å². The van der Waals surface area contributed by atoms with Crippen LogP contribution < -0.4 is 10.9 Å². The standard InChI is InChI=1S/C24H29F2N3O2/c1-16(22(30)17(2)28-14-4-5-15-28)23(31)29(27)21-12-8-19(9-13-21)18-6-10-20(11-7-18)24(3,25)26/h6-13,16,22,30H,2,4-5,14-15,27H2,1,3H3/t16-,22-/m1/s1. The molecule has 1 fully saturated rings. The van der Waals surface area contributed by atoms with Crippen LogP contribution in [0.3, 0.4) is 0 Å². The smallest absolute Gasteiger partial charge is 0.270 e. The summed E-state index contributed by atoms with van der Waals surface area (Å²) in [4.78, 5) is 14.8. The molecule has 3 rings (SSSR count). The van der Waals surface area contributed by atoms with E-state index in [9.17, 15) is 18.7 Å². The Balaban J connectivity index is 1.68. The zero-order valence-electron chi connectivity index (χ0n) is 17.9. The Bertz CT molecular complexity index is 917. The van der Waals surface area contributed by atoms with Crippen LogP contribution in [0.4, 0.5) is 14.5 Å². The minimum absolute atomic E-state index is 0.0466. The SMILES string of the molecule is C=C([C@H](O)[C@@H](C)C(=O)N(N)c1ccc(-c2ccc(C(C)(F)F)cc2)cc1)N1CCCC1. The van der Waals surface area contributed by atoms with E-state index in [0.29, 0.717) is 11.4 Å². The Labute approximate surface area is 181 Å². The van der Waals surface area contributed by atoms with Gasteiger partial charge in [-0.2, -0.15) is 0 Å². The first kappa shape index (κ1) is 22.9. The Morgan fingerprint density at radius 2 is 1.58 bits per heavy atom. The van der Waals surface area contributed by atoms with Crippen LogP contribution in [0, 0.1) is 5.92 Å². The van der Waals surface area contributed by atoms with Crippen molar-refractivity contribution in [3.05, 3.63) is 66.4 Å². The number of anilines is 1. The van der Waals surface area contributed by atoms with Crippen molar-refractivity contribution in [3.8, 4) is 11.1 Å². The van der Waals surface area contributed by atoms with Gasteiger partial charge in [0.25, 0.3) is 5.92 Å². The average molecular weight is 430 g/mol. The van der Waals surface area contributed by atoms with Crippen LogP contribution in [0.15, 0.2) is 60.8 Å². The van der Waals surface area contributed by atoms with E-state index in [4.69, 9.17) is 5.84 Å². The van der Waals surface area contributed by atoms with E-state index in [-0.39, 0.29) is 5.56 Å². The molecule has 0 aliphatic carbocycles. The summed E-state index contributed by atoms with van der Waals surface area (Å²) in [7, 11) is 0. The summed E-state index contributed by atoms with van der Waals surface area (Å²) in [6.07, 6.45) is 1.09. The van der Waals surface area contributed by atoms with E-state index in [0.717, 1.165) is 49.0 Å². The number of carbonyl (C=O) groups excluding carboxylic acids is 1. The number of halogens is 2. The summed E-state index contributed by atoms with van der Waals surface area (Å²) < 4.78 is 26.8. The zero-order chi connectivity index (χ0) is 22.8. The molecular formula is C24H29F2N3O2. The summed E-state index contributed by atoms with van der Waals surface area (Å²) in [5, 5.41) is 11.6. The lowest BCUT2D eigenvalue weighted by atomic mass is 9.99. The number of aliphatic hydroxyl groups is 1. The maximum atomic E-state index is 13.4. The van der Waals surface area contributed by atoms with Crippen molar-refractivity contribution in [1.82, 2.24) is 4.90 Å². The van der Waals surface area contributed by atoms with Gasteiger partial charge in [0.15, 0.2) is 0 Å². The average Bonchev–Trinajstić information content (AvgIpc) is 3.31. The van der Waals surface area contributed by atoms with Gasteiger partial charge in [-0.05, 0) is 36.1 Å². The predicted molar refractivity (Wildman–Crippen MR) is 118 cm³/mol. The fourth-order valence-electron chi connectivity index (χ4n) is 3.73. The molecule has 1 heterocycles. The molecule has 0 bridgehead atoms. The Morgan fingerprint density at radius 3 is 2.06 bits per heavy atom. The lowest BCUT2D eigenvalue weighted by Gasteiger charge is -2.29. The van der Waals surface area contributed by atoms with Crippen LogP contribution in [0.25, 0.3) is 11.1 Å². The van der Waals surface area contributed by atoms with E-state index in [1.165, 1.54) is 12.1 Å². The van der Waals surface area contributed by atoms with Crippen molar-refractivity contribution in [3.63, 3.8) is 0 Å². The summed E-state index contributed by atoms with van der Waals surface area (Å²) in [6, 6.07) is 13.0. The highest BCUT2D eigenvalue weighted by atomic mass is 19.3. The van der Waals surface area contributed by atoms with Crippen molar-refractivity contribution in [2.45, 2.75) is 38.7 Å². The number of nitrogens with two attached hydrogens (primary N) is 1. The number of carbonyl (C=O) groups is 1. The highest BCUT2D eigenvalue weighted by molar-refractivity contribution is 5.94. The highest BCUT2D eigenvalue weighted by Gasteiger charge is 2.31. The number of amides is 1. The molecule has 1 aliphatic rings. The summed E-state index contributed by atoms with van der Waals surface area (Å²) in [5.74, 6) is 1.98. The maximum Gasteiger partial charge on any atom is 0.270 e. The quantitative estimate of drug-likeness (QED) is 0.392. The molecule has 2 atom stereocenters. The highest BCUT2D eigenvalue weighted by Crippen LogP contribution is 2.30. The van der Waals surface area contributed by atoms with E-state index in [1.807, 2.05) is 4.90 Å². The molecule has 2 aromatic rings. The largest absolute Gasteiger partial charge is 0.386 e. The van der Waals surface area contributed by atoms with Crippen molar-refractivity contribution >= 4 is 11.6 Å². The molecule has 0 radical (unpaired) electrons. The number of hydrazine groups is 1. The molecule has 7 heteroatoms. The molecule has 1 amide bonds. The van der Waals surface area contributed by atoms with Crippen molar-refractivity contribution in [1.29, 1.82) is 0 Å². The molecule has 1 saturated heterocycles. The Kier molecular flexibility index (Phi) is 6.77. The van der Waals surface area contributed by atoms with Crippen LogP contribution in [-0.4, -0.2) is 35.1 Å². The molecule has 0 saturated carbocycles. The topological polar surface area (TPSA) is 69.8 Å². The monoisotopic (exact) mass is 429 g/mol. The molecule has 2 aromatic carbocycles. The second-order valence-corrected chi connectivity index (χ2v) is 8.14. The second kappa shape index (κ2) is 9.16. The van der Waals surface area contributed by atoms with E-state index in [1.54, 1.807) is 43.3 Å². The van der Waals surface area contributed by atoms with Crippen molar-refractivity contribution in [2.75, 3.05) is 18.1 Å². The van der Waals surface area contributed by atoms with Crippen LogP contribution in [0.5, 0.6) is 0 Å². The maximum absolute atomic E-state index is 13.4. The van der Waals surface area contributed by atoms with E-state index < -0.39 is 23.9 Å². The van der Waals surface area contributed by atoms with Gasteiger partial charge in [0, 0.05) is 31.3 Å². The third-order valence-corrected chi connectivity index (χ3v) is 5.82. The van der Waals surface area contributed by atoms with Crippen LogP contribution in [0.1, 0.15) is 32.3 Å². The number of alkyl halides is 2. The molecule has 166 valence electrons. The number of benzene rings is 2. The van der Waals surface area contributed by atoms with Crippen LogP contribution >= 0.6 is 0 Å². The third kappa shape index (κ3) is 5.11. The summed E-state index contributed by atoms with van der Waals surface area (Å²) in [6.45, 7) is 8.12. The summed E-state index contributed by atoms with van der Waals surface area (Å²) in [5.41, 5.74) is 2.56. The van der Waals surface area contributed by atoms with Gasteiger partial charge >= 0.3 is 0 Å². The van der Waals surface area contributed by atoms with Crippen molar-refractivity contribution < 1.29 is 18.7 Å². The number of rotatable bonds is 7. The zero-order valence-corrected chi connectivity index (χ0v) is 17.9. The van der Waals surface area contributed by atoms with Crippen LogP contribution in [0.2, 0.25) is 0 Å². The lowest BCUT2D eigenvalue weighted by molar-refractivity contribution is -0.124. The minimum atomic E-state index is -2.88. The molecule has 0 aromatic heterocycles. The first-order valence-electron chi connectivity index (χ1n) is 10.4. The number of aliphatic hydroxyl groups excluding tert-OH is 1. The molecule has 0 unspecified atom stereocenters. The molecule has 5 nitrogen and oxygen atoms in total. The number of hydrogen-bond acceptors (Lipinski definition) is 4. The predicted octanol–water partition coefficient (Wildman–Crippen LogP) is 4.28. The first-order chi connectivity index (χ1) is 14.6. The van der Waals surface area contributed by atoms with E-state index in [2.05, 4.69) is 6.58 Å². The molecule has 1 aliphatic heterocycles. The molecule has 31 heavy (non-hydrogen) atoms. The molecule has 3 N–H and O–H groups in total. The fraction of sp³-hybridized carbons (Fsp3) is 0.375. The summed E-state index contributed by atoms with van der Waals surface area (Å²) >= 11 is 0. The number of likely N-dealkylation sites (tertiary alicyclic amines) is 1. The third-order valence-electron chi connectivity index (χ3n) is 5.82. The minimum Gasteiger partial charge on any atom is -0.386 e. The van der Waals surface area contributed by atoms with Gasteiger partial charge in [-0.25, -0.2) is 19.6 Å².